The molecule has 0 aliphatic heterocycles. The summed E-state index contributed by atoms with van der Waals surface area (Å²) in [5, 5.41) is 4.79. The molecule has 21 heavy (non-hydrogen) atoms. The quantitative estimate of drug-likeness (QED) is 0.719. The number of nitrogens with zero attached hydrogens (tertiary/aromatic N) is 1. The molecule has 3 nitrogen and oxygen atoms in total. The van der Waals surface area contributed by atoms with Crippen molar-refractivity contribution in [2.24, 2.45) is 0 Å². The van der Waals surface area contributed by atoms with Gasteiger partial charge < -0.3 is 10.3 Å². The summed E-state index contributed by atoms with van der Waals surface area (Å²) in [6.07, 6.45) is 0. The van der Waals surface area contributed by atoms with Gasteiger partial charge in [0.2, 0.25) is 5.88 Å². The number of aromatic nitrogens is 1. The normalized spacial score (nSPS) is 10.8. The summed E-state index contributed by atoms with van der Waals surface area (Å²) in [5.74, 6) is -0.382. The van der Waals surface area contributed by atoms with Gasteiger partial charge in [-0.1, -0.05) is 46.6 Å². The van der Waals surface area contributed by atoms with Crippen molar-refractivity contribution in [2.45, 2.75) is 0 Å². The van der Waals surface area contributed by atoms with E-state index < -0.39 is 5.82 Å². The van der Waals surface area contributed by atoms with Crippen LogP contribution in [0, 0.1) is 5.82 Å². The lowest BCUT2D eigenvalue weighted by atomic mass is 10.0. The number of nitrogen functional groups attached to an aromatic ring is 1. The summed E-state index contributed by atoms with van der Waals surface area (Å²) in [5.41, 5.74) is 7.48. The lowest BCUT2D eigenvalue weighted by Gasteiger charge is -2.05. The first-order valence-corrected chi connectivity index (χ1v) is 6.78. The van der Waals surface area contributed by atoms with Crippen LogP contribution in [0.4, 0.5) is 10.3 Å². The molecular formula is C15H9Cl2FN2O. The Bertz CT molecular complexity index is 797. The predicted molar refractivity (Wildman–Crippen MR) is 81.8 cm³/mol. The average Bonchev–Trinajstić information content (AvgIpc) is 2.80. The highest BCUT2D eigenvalue weighted by molar-refractivity contribution is 6.35. The van der Waals surface area contributed by atoms with Crippen LogP contribution in [0.15, 0.2) is 47.0 Å². The highest BCUT2D eigenvalue weighted by atomic mass is 35.5. The molecule has 1 aromatic heterocycles. The zero-order valence-electron chi connectivity index (χ0n) is 10.6. The molecule has 0 fully saturated rings. The van der Waals surface area contributed by atoms with E-state index >= 15 is 0 Å². The lowest BCUT2D eigenvalue weighted by molar-refractivity contribution is 0.439. The van der Waals surface area contributed by atoms with E-state index in [9.17, 15) is 4.39 Å². The molecule has 2 aromatic carbocycles. The highest BCUT2D eigenvalue weighted by Gasteiger charge is 2.20. The lowest BCUT2D eigenvalue weighted by Crippen LogP contribution is -1.90. The van der Waals surface area contributed by atoms with E-state index in [1.807, 2.05) is 0 Å². The van der Waals surface area contributed by atoms with Crippen molar-refractivity contribution in [3.05, 3.63) is 58.3 Å². The summed E-state index contributed by atoms with van der Waals surface area (Å²) >= 11 is 12.0. The van der Waals surface area contributed by atoms with Crippen LogP contribution < -0.4 is 5.73 Å². The van der Waals surface area contributed by atoms with Crippen LogP contribution in [0.5, 0.6) is 0 Å². The topological polar surface area (TPSA) is 52.0 Å². The molecule has 0 saturated heterocycles. The first-order valence-electron chi connectivity index (χ1n) is 6.03. The summed E-state index contributed by atoms with van der Waals surface area (Å²) in [4.78, 5) is 0. The number of nitrogens with two attached hydrogens (primary N) is 1. The second kappa shape index (κ2) is 5.39. The van der Waals surface area contributed by atoms with Gasteiger partial charge in [0.15, 0.2) is 0 Å². The van der Waals surface area contributed by atoms with Gasteiger partial charge in [0.25, 0.3) is 0 Å². The van der Waals surface area contributed by atoms with E-state index in [0.717, 1.165) is 0 Å². The molecule has 0 aliphatic rings. The van der Waals surface area contributed by atoms with Gasteiger partial charge in [0.1, 0.15) is 11.5 Å². The third-order valence-corrected chi connectivity index (χ3v) is 3.43. The van der Waals surface area contributed by atoms with E-state index in [1.165, 1.54) is 6.07 Å². The molecule has 2 N–H and O–H groups in total. The van der Waals surface area contributed by atoms with Crippen LogP contribution >= 0.6 is 23.2 Å². The smallest absolute Gasteiger partial charge is 0.230 e. The molecule has 3 rings (SSSR count). The van der Waals surface area contributed by atoms with Gasteiger partial charge in [-0.05, 0) is 24.3 Å². The monoisotopic (exact) mass is 322 g/mol. The number of hydrogen-bond donors (Lipinski definition) is 1. The molecule has 0 bridgehead atoms. The van der Waals surface area contributed by atoms with Gasteiger partial charge in [-0.2, -0.15) is 0 Å². The van der Waals surface area contributed by atoms with Crippen LogP contribution in [-0.2, 0) is 0 Å². The standard InChI is InChI=1S/C15H9Cl2FN2O/c16-9-5-8(6-10(17)7-9)14-13(15(19)21-20-14)11-3-1-2-4-12(11)18/h1-7H,19H2. The first kappa shape index (κ1) is 13.9. The van der Waals surface area contributed by atoms with E-state index in [2.05, 4.69) is 5.16 Å². The summed E-state index contributed by atoms with van der Waals surface area (Å²) in [6, 6.07) is 11.2. The Morgan fingerprint density at radius 3 is 2.38 bits per heavy atom. The van der Waals surface area contributed by atoms with E-state index in [0.29, 0.717) is 32.4 Å². The van der Waals surface area contributed by atoms with Crippen molar-refractivity contribution in [1.82, 2.24) is 5.16 Å². The van der Waals surface area contributed by atoms with Crippen LogP contribution in [-0.4, -0.2) is 5.16 Å². The van der Waals surface area contributed by atoms with Gasteiger partial charge in [0, 0.05) is 21.2 Å². The average molecular weight is 323 g/mol. The summed E-state index contributed by atoms with van der Waals surface area (Å²) < 4.78 is 19.0. The van der Waals surface area contributed by atoms with Gasteiger partial charge in [-0.25, -0.2) is 4.39 Å². The van der Waals surface area contributed by atoms with Crippen molar-refractivity contribution in [1.29, 1.82) is 0 Å². The Morgan fingerprint density at radius 2 is 1.71 bits per heavy atom. The SMILES string of the molecule is Nc1onc(-c2cc(Cl)cc(Cl)c2)c1-c1ccccc1F. The van der Waals surface area contributed by atoms with Crippen molar-refractivity contribution < 1.29 is 8.91 Å². The maximum absolute atomic E-state index is 14.0. The fourth-order valence-corrected chi connectivity index (χ4v) is 2.64. The third kappa shape index (κ3) is 2.60. The molecule has 1 heterocycles. The van der Waals surface area contributed by atoms with Crippen molar-refractivity contribution in [2.75, 3.05) is 5.73 Å². The van der Waals surface area contributed by atoms with Gasteiger partial charge in [-0.3, -0.25) is 0 Å². The molecular weight excluding hydrogens is 314 g/mol. The van der Waals surface area contributed by atoms with Crippen molar-refractivity contribution in [3.63, 3.8) is 0 Å². The molecule has 0 radical (unpaired) electrons. The molecule has 6 heteroatoms. The minimum absolute atomic E-state index is 0.0335. The zero-order chi connectivity index (χ0) is 15.0. The molecule has 0 saturated carbocycles. The summed E-state index contributed by atoms with van der Waals surface area (Å²) in [7, 11) is 0. The Morgan fingerprint density at radius 1 is 1.05 bits per heavy atom. The molecule has 3 aromatic rings. The van der Waals surface area contributed by atoms with Crippen molar-refractivity contribution >= 4 is 29.1 Å². The number of benzene rings is 2. The zero-order valence-corrected chi connectivity index (χ0v) is 12.1. The summed E-state index contributed by atoms with van der Waals surface area (Å²) in [6.45, 7) is 0. The fraction of sp³-hybridized carbons (Fsp3) is 0. The minimum Gasteiger partial charge on any atom is -0.367 e. The predicted octanol–water partition coefficient (Wildman–Crippen LogP) is 5.04. The molecule has 0 amide bonds. The first-order chi connectivity index (χ1) is 10.1. The van der Waals surface area contributed by atoms with Crippen LogP contribution in [0.2, 0.25) is 10.0 Å². The maximum Gasteiger partial charge on any atom is 0.230 e. The minimum atomic E-state index is -0.415. The van der Waals surface area contributed by atoms with Gasteiger partial charge >= 0.3 is 0 Å². The molecule has 0 unspecified atom stereocenters. The Hall–Kier alpha value is -2.04. The van der Waals surface area contributed by atoms with Crippen LogP contribution in [0.1, 0.15) is 0 Å². The van der Waals surface area contributed by atoms with E-state index in [4.69, 9.17) is 33.5 Å². The Balaban J connectivity index is 2.24. The Kier molecular flexibility index (Phi) is 3.57. The Labute approximate surface area is 130 Å². The van der Waals surface area contributed by atoms with Crippen LogP contribution in [0.3, 0.4) is 0 Å². The fourth-order valence-electron chi connectivity index (χ4n) is 2.11. The number of rotatable bonds is 2. The second-order valence-electron chi connectivity index (χ2n) is 4.41. The number of hydrogen-bond acceptors (Lipinski definition) is 3. The maximum atomic E-state index is 14.0. The number of halogens is 3. The van der Waals surface area contributed by atoms with Crippen LogP contribution in [0.25, 0.3) is 22.4 Å². The molecule has 0 aliphatic carbocycles. The highest BCUT2D eigenvalue weighted by Crippen LogP contribution is 2.38. The molecule has 0 atom stereocenters. The second-order valence-corrected chi connectivity index (χ2v) is 5.28. The van der Waals surface area contributed by atoms with Gasteiger partial charge in [0.05, 0.1) is 5.56 Å². The van der Waals surface area contributed by atoms with E-state index in [-0.39, 0.29) is 5.88 Å². The van der Waals surface area contributed by atoms with Crippen molar-refractivity contribution in [3.8, 4) is 22.4 Å². The third-order valence-electron chi connectivity index (χ3n) is 3.00. The largest absolute Gasteiger partial charge is 0.367 e. The number of anilines is 1. The van der Waals surface area contributed by atoms with Gasteiger partial charge in [-0.15, -0.1) is 0 Å². The van der Waals surface area contributed by atoms with E-state index in [1.54, 1.807) is 36.4 Å². The molecule has 106 valence electrons. The molecule has 0 spiro atoms.